The smallest absolute Gasteiger partial charge is 0.273 e. The zero-order chi connectivity index (χ0) is 21.3. The zero-order valence-corrected chi connectivity index (χ0v) is 19.0. The molecule has 0 bridgehead atoms. The molecule has 0 aliphatic rings. The minimum Gasteiger partial charge on any atom is -0.397 e. The molecule has 2 aromatic rings. The summed E-state index contributed by atoms with van der Waals surface area (Å²) in [5, 5.41) is -0.546. The van der Waals surface area contributed by atoms with Crippen molar-refractivity contribution in [2.24, 2.45) is 11.5 Å². The van der Waals surface area contributed by atoms with Crippen molar-refractivity contribution < 1.29 is 8.98 Å². The van der Waals surface area contributed by atoms with Gasteiger partial charge >= 0.3 is 0 Å². The van der Waals surface area contributed by atoms with Crippen LogP contribution in [-0.2, 0) is 4.18 Å². The molecule has 0 radical (unpaired) electrons. The van der Waals surface area contributed by atoms with Crippen LogP contribution in [-0.4, -0.2) is 15.2 Å². The Morgan fingerprint density at radius 1 is 0.926 bits per heavy atom. The van der Waals surface area contributed by atoms with Gasteiger partial charge in [-0.15, -0.1) is 0 Å². The topological polar surface area (TPSA) is 78.3 Å². The van der Waals surface area contributed by atoms with Crippen molar-refractivity contribution in [1.29, 1.82) is 0 Å². The maximum Gasteiger partial charge on any atom is 0.273 e. The van der Waals surface area contributed by atoms with E-state index < -0.39 is 5.24 Å². The summed E-state index contributed by atoms with van der Waals surface area (Å²) in [6, 6.07) is 20.5. The quantitative estimate of drug-likeness (QED) is 0.311. The van der Waals surface area contributed by atoms with Crippen molar-refractivity contribution in [2.75, 3.05) is 0 Å². The van der Waals surface area contributed by atoms with Crippen LogP contribution in [0.5, 0.6) is 0 Å². The first-order chi connectivity index (χ1) is 12.4. The van der Waals surface area contributed by atoms with E-state index in [0.717, 1.165) is 0 Å². The van der Waals surface area contributed by atoms with Crippen molar-refractivity contribution in [3.63, 3.8) is 0 Å². The van der Waals surface area contributed by atoms with Gasteiger partial charge in [0.15, 0.2) is 0 Å². The summed E-state index contributed by atoms with van der Waals surface area (Å²) >= 11 is 8.88. The second-order valence-corrected chi connectivity index (χ2v) is 8.65. The Hall–Kier alpha value is -1.70. The van der Waals surface area contributed by atoms with E-state index in [0.29, 0.717) is 0 Å². The number of rotatable bonds is 1. The zero-order valence-electron chi connectivity index (χ0n) is 16.5. The van der Waals surface area contributed by atoms with Crippen molar-refractivity contribution in [1.82, 2.24) is 0 Å². The molecule has 0 saturated heterocycles. The van der Waals surface area contributed by atoms with Crippen LogP contribution in [0.1, 0.15) is 31.9 Å². The highest BCUT2D eigenvalue weighted by Crippen LogP contribution is 2.23. The van der Waals surface area contributed by atoms with Crippen molar-refractivity contribution in [2.45, 2.75) is 39.4 Å². The molecule has 0 atom stereocenters. The van der Waals surface area contributed by atoms with E-state index in [-0.39, 0.29) is 9.92 Å². The fraction of sp³-hybridized carbons (Fsp3) is 0.300. The third kappa shape index (κ3) is 29.3. The Morgan fingerprint density at radius 3 is 1.33 bits per heavy atom. The third-order valence-corrected chi connectivity index (χ3v) is 3.21. The average molecular weight is 427 g/mol. The number of hydrogen-bond acceptors (Lipinski definition) is 4. The highest BCUT2D eigenvalue weighted by molar-refractivity contribution is 7.97. The second-order valence-electron chi connectivity index (χ2n) is 6.25. The number of hydrogen-bond donors (Lipinski definition) is 3. The number of primary amides is 1. The van der Waals surface area contributed by atoms with Gasteiger partial charge in [-0.05, 0) is 46.8 Å². The molecule has 150 valence electrons. The van der Waals surface area contributed by atoms with Crippen LogP contribution < -0.4 is 11.5 Å². The van der Waals surface area contributed by atoms with Crippen molar-refractivity contribution in [3.05, 3.63) is 71.8 Å². The first-order valence-corrected chi connectivity index (χ1v) is 9.70. The Bertz CT molecular complexity index is 589. The second kappa shape index (κ2) is 16.5. The molecule has 0 fully saturated rings. The first-order valence-electron chi connectivity index (χ1n) is 8.11. The van der Waals surface area contributed by atoms with Gasteiger partial charge in [0.05, 0.1) is 12.0 Å². The lowest BCUT2D eigenvalue weighted by atomic mass is 10.2. The fourth-order valence-corrected chi connectivity index (χ4v) is 1.67. The Morgan fingerprint density at radius 2 is 1.22 bits per heavy atom. The van der Waals surface area contributed by atoms with Gasteiger partial charge in [0.1, 0.15) is 0 Å². The van der Waals surface area contributed by atoms with E-state index in [2.05, 4.69) is 68.7 Å². The van der Waals surface area contributed by atoms with Crippen molar-refractivity contribution >= 4 is 47.3 Å². The summed E-state index contributed by atoms with van der Waals surface area (Å²) in [5.41, 5.74) is 12.1. The van der Waals surface area contributed by atoms with Crippen LogP contribution in [0.4, 0.5) is 4.79 Å². The van der Waals surface area contributed by atoms with Gasteiger partial charge in [-0.2, -0.15) is 0 Å². The lowest BCUT2D eigenvalue weighted by Gasteiger charge is -2.14. The van der Waals surface area contributed by atoms with Gasteiger partial charge in [-0.25, -0.2) is 0 Å². The standard InChI is InChI=1S/2C7H8.C5H11NOS2.CH3NOS/c2*1-7-5-3-2-4-6-7;1-5(2,3)9-7-4(6)8;2-1(3)4/h2*2-6H,1H3;1-3H3,(H2,6,8);(H3,2,3,4). The Balaban J connectivity index is 0. The van der Waals surface area contributed by atoms with E-state index in [1.54, 1.807) is 0 Å². The van der Waals surface area contributed by atoms with Crippen LogP contribution in [0.2, 0.25) is 0 Å². The summed E-state index contributed by atoms with van der Waals surface area (Å²) in [6.45, 7) is 10.2. The number of carbonyl (C=O) groups excluding carboxylic acids is 1. The molecule has 1 amide bonds. The predicted octanol–water partition coefficient (Wildman–Crippen LogP) is 5.68. The number of carbonyl (C=O) groups is 1. The highest BCUT2D eigenvalue weighted by atomic mass is 32.2. The maximum atomic E-state index is 9.09. The van der Waals surface area contributed by atoms with E-state index in [1.807, 2.05) is 57.2 Å². The largest absolute Gasteiger partial charge is 0.397 e. The molecule has 0 aromatic heterocycles. The summed E-state index contributed by atoms with van der Waals surface area (Å²) in [6.07, 6.45) is 0. The lowest BCUT2D eigenvalue weighted by molar-refractivity contribution is 0.267. The van der Waals surface area contributed by atoms with Gasteiger partial charge < -0.3 is 15.7 Å². The fourth-order valence-electron chi connectivity index (χ4n) is 1.23. The molecule has 0 spiro atoms. The summed E-state index contributed by atoms with van der Waals surface area (Å²) < 4.78 is 4.89. The Kier molecular flexibility index (Phi) is 16.8. The Labute approximate surface area is 178 Å². The lowest BCUT2D eigenvalue weighted by Crippen LogP contribution is -2.14. The third-order valence-electron chi connectivity index (χ3n) is 2.25. The van der Waals surface area contributed by atoms with Gasteiger partial charge in [0.2, 0.25) is 0 Å². The average Bonchev–Trinajstić information content (AvgIpc) is 2.54. The number of thiol groups is 1. The molecule has 4 nitrogen and oxygen atoms in total. The van der Waals surface area contributed by atoms with Crippen LogP contribution in [0.3, 0.4) is 0 Å². The predicted molar refractivity (Wildman–Crippen MR) is 126 cm³/mol. The molecule has 0 aliphatic carbocycles. The van der Waals surface area contributed by atoms with Crippen LogP contribution >= 0.6 is 36.9 Å². The summed E-state index contributed by atoms with van der Waals surface area (Å²) in [7, 11) is 0. The molecule has 0 unspecified atom stereocenters. The minimum absolute atomic E-state index is 0.0590. The highest BCUT2D eigenvalue weighted by Gasteiger charge is 2.12. The minimum atomic E-state index is -0.639. The number of benzene rings is 2. The molecule has 2 rings (SSSR count). The number of thiocarbonyl (C=S) groups is 1. The maximum absolute atomic E-state index is 9.09. The number of amides is 1. The molecule has 0 aliphatic heterocycles. The van der Waals surface area contributed by atoms with Gasteiger partial charge in [-0.1, -0.05) is 84.4 Å². The molecule has 27 heavy (non-hydrogen) atoms. The molecule has 4 N–H and O–H groups in total. The van der Waals surface area contributed by atoms with E-state index in [9.17, 15) is 0 Å². The van der Waals surface area contributed by atoms with E-state index in [1.165, 1.54) is 23.2 Å². The molecule has 2 aromatic carbocycles. The van der Waals surface area contributed by atoms with Gasteiger partial charge in [0.25, 0.3) is 10.4 Å². The SMILES string of the molecule is CC(C)(C)SOC(N)=S.Cc1ccccc1.Cc1ccccc1.NC(=O)S. The molecule has 0 saturated carbocycles. The van der Waals surface area contributed by atoms with Crippen LogP contribution in [0.15, 0.2) is 60.7 Å². The summed E-state index contributed by atoms with van der Waals surface area (Å²) in [4.78, 5) is 9.09. The van der Waals surface area contributed by atoms with Gasteiger partial charge in [-0.3, -0.25) is 4.79 Å². The number of nitrogens with two attached hydrogens (primary N) is 2. The molecular weight excluding hydrogens is 396 g/mol. The van der Waals surface area contributed by atoms with E-state index in [4.69, 9.17) is 14.7 Å². The first kappa shape index (κ1) is 27.5. The van der Waals surface area contributed by atoms with Crippen LogP contribution in [0.25, 0.3) is 0 Å². The number of aryl methyl sites for hydroxylation is 2. The monoisotopic (exact) mass is 426 g/mol. The van der Waals surface area contributed by atoms with Crippen molar-refractivity contribution in [3.8, 4) is 0 Å². The molecule has 7 heteroatoms. The summed E-state index contributed by atoms with van der Waals surface area (Å²) in [5.74, 6) is 0. The van der Waals surface area contributed by atoms with Crippen LogP contribution in [0, 0.1) is 13.8 Å². The molecule has 0 heterocycles. The normalized spacial score (nSPS) is 9.11. The molecular formula is C20H30N2O2S3. The van der Waals surface area contributed by atoms with Gasteiger partial charge in [0, 0.05) is 4.75 Å². The van der Waals surface area contributed by atoms with E-state index >= 15 is 0 Å².